The van der Waals surface area contributed by atoms with E-state index in [0.29, 0.717) is 5.92 Å². The molecule has 0 aromatic rings. The molecule has 2 heteroatoms. The van der Waals surface area contributed by atoms with E-state index in [4.69, 9.17) is 4.74 Å². The van der Waals surface area contributed by atoms with E-state index in [9.17, 15) is 0 Å². The van der Waals surface area contributed by atoms with E-state index >= 15 is 0 Å². The molecule has 1 rings (SSSR count). The average molecular weight is 143 g/mol. The van der Waals surface area contributed by atoms with Crippen molar-refractivity contribution in [3.63, 3.8) is 0 Å². The Kier molecular flexibility index (Phi) is 2.02. The summed E-state index contributed by atoms with van der Waals surface area (Å²) >= 11 is 0. The molecule has 1 fully saturated rings. The summed E-state index contributed by atoms with van der Waals surface area (Å²) in [6, 6.07) is 0. The molecule has 0 N–H and O–H groups in total. The smallest absolute Gasteiger partial charge is 0.0997 e. The number of hydrogen-bond donors (Lipinski definition) is 0. The van der Waals surface area contributed by atoms with Crippen LogP contribution in [0.5, 0.6) is 0 Å². The van der Waals surface area contributed by atoms with Crippen LogP contribution in [-0.2, 0) is 4.74 Å². The molecule has 0 radical (unpaired) electrons. The molecular formula is C8H17NO. The van der Waals surface area contributed by atoms with Gasteiger partial charge in [-0.1, -0.05) is 13.8 Å². The Morgan fingerprint density at radius 3 is 2.30 bits per heavy atom. The molecule has 0 spiro atoms. The highest BCUT2D eigenvalue weighted by atomic mass is 16.5. The highest BCUT2D eigenvalue weighted by Gasteiger charge is 2.35. The predicted octanol–water partition coefficient (Wildman–Crippen LogP) is 1.32. The van der Waals surface area contributed by atoms with Gasteiger partial charge in [-0.3, -0.25) is 4.90 Å². The van der Waals surface area contributed by atoms with Crippen molar-refractivity contribution in [2.45, 2.75) is 26.4 Å². The zero-order chi connectivity index (χ0) is 7.78. The normalized spacial score (nSPS) is 35.7. The van der Waals surface area contributed by atoms with Crippen molar-refractivity contribution in [3.8, 4) is 0 Å². The first-order chi connectivity index (χ1) is 4.54. The minimum absolute atomic E-state index is 0.0920. The maximum Gasteiger partial charge on any atom is 0.0997 e. The highest BCUT2D eigenvalue weighted by Crippen LogP contribution is 2.26. The monoisotopic (exact) mass is 143 g/mol. The Morgan fingerprint density at radius 2 is 2.10 bits per heavy atom. The molecule has 1 saturated heterocycles. The highest BCUT2D eigenvalue weighted by molar-refractivity contribution is 4.85. The van der Waals surface area contributed by atoms with Gasteiger partial charge in [-0.05, 0) is 19.9 Å². The lowest BCUT2D eigenvalue weighted by atomic mass is 9.93. The van der Waals surface area contributed by atoms with Crippen LogP contribution in [0.1, 0.15) is 20.8 Å². The molecule has 0 aromatic heterocycles. The van der Waals surface area contributed by atoms with Crippen LogP contribution in [0.25, 0.3) is 0 Å². The van der Waals surface area contributed by atoms with Gasteiger partial charge in [0.05, 0.1) is 12.3 Å². The van der Waals surface area contributed by atoms with Crippen LogP contribution >= 0.6 is 0 Å². The van der Waals surface area contributed by atoms with Crippen molar-refractivity contribution in [2.24, 2.45) is 5.92 Å². The summed E-state index contributed by atoms with van der Waals surface area (Å²) in [5, 5.41) is 0. The second kappa shape index (κ2) is 2.51. The molecule has 0 aromatic carbocycles. The van der Waals surface area contributed by atoms with Crippen molar-refractivity contribution in [3.05, 3.63) is 0 Å². The maximum atomic E-state index is 5.64. The molecule has 1 aliphatic rings. The van der Waals surface area contributed by atoms with E-state index in [2.05, 4.69) is 32.7 Å². The van der Waals surface area contributed by atoms with Crippen molar-refractivity contribution in [1.82, 2.24) is 4.90 Å². The molecule has 1 unspecified atom stereocenters. The number of rotatable bonds is 1. The quantitative estimate of drug-likeness (QED) is 0.549. The molecule has 10 heavy (non-hydrogen) atoms. The van der Waals surface area contributed by atoms with Crippen molar-refractivity contribution < 1.29 is 4.74 Å². The van der Waals surface area contributed by atoms with Gasteiger partial charge in [0, 0.05) is 6.54 Å². The first-order valence-corrected chi connectivity index (χ1v) is 3.87. The number of hydrogen-bond acceptors (Lipinski definition) is 2. The lowest BCUT2D eigenvalue weighted by Crippen LogP contribution is -2.35. The van der Waals surface area contributed by atoms with Crippen molar-refractivity contribution in [1.29, 1.82) is 0 Å². The molecule has 0 bridgehead atoms. The fraction of sp³-hybridized carbons (Fsp3) is 1.00. The average Bonchev–Trinajstić information content (AvgIpc) is 2.13. The summed E-state index contributed by atoms with van der Waals surface area (Å²) in [5.74, 6) is 0.609. The van der Waals surface area contributed by atoms with E-state index < -0.39 is 0 Å². The van der Waals surface area contributed by atoms with E-state index in [1.54, 1.807) is 0 Å². The van der Waals surface area contributed by atoms with Crippen LogP contribution in [0.3, 0.4) is 0 Å². The first-order valence-electron chi connectivity index (χ1n) is 3.87. The summed E-state index contributed by atoms with van der Waals surface area (Å²) in [4.78, 5) is 2.21. The zero-order valence-corrected chi connectivity index (χ0v) is 7.35. The third-order valence-corrected chi connectivity index (χ3v) is 2.42. The van der Waals surface area contributed by atoms with Gasteiger partial charge in [0.1, 0.15) is 0 Å². The summed E-state index contributed by atoms with van der Waals surface area (Å²) in [5.41, 5.74) is 0.0920. The van der Waals surface area contributed by atoms with Gasteiger partial charge in [-0.2, -0.15) is 0 Å². The minimum Gasteiger partial charge on any atom is -0.358 e. The van der Waals surface area contributed by atoms with Crippen LogP contribution in [-0.4, -0.2) is 30.8 Å². The third kappa shape index (κ3) is 1.32. The largest absolute Gasteiger partial charge is 0.358 e. The molecule has 2 nitrogen and oxygen atoms in total. The topological polar surface area (TPSA) is 12.5 Å². The van der Waals surface area contributed by atoms with Gasteiger partial charge < -0.3 is 4.74 Å². The molecule has 0 amide bonds. The summed E-state index contributed by atoms with van der Waals surface area (Å²) in [7, 11) is 2.09. The van der Waals surface area contributed by atoms with Gasteiger partial charge in [-0.25, -0.2) is 0 Å². The van der Waals surface area contributed by atoms with Crippen LogP contribution in [0.4, 0.5) is 0 Å². The molecule has 1 aliphatic heterocycles. The van der Waals surface area contributed by atoms with E-state index in [0.717, 1.165) is 13.3 Å². The van der Waals surface area contributed by atoms with Crippen LogP contribution in [0.15, 0.2) is 0 Å². The lowest BCUT2D eigenvalue weighted by molar-refractivity contribution is -0.0136. The Hall–Kier alpha value is -0.0800. The van der Waals surface area contributed by atoms with Gasteiger partial charge in [-0.15, -0.1) is 0 Å². The molecule has 0 aliphatic carbocycles. The standard InChI is InChI=1S/C8H17NO/c1-7(2)8(3)5-9(4)6-10-8/h7H,5-6H2,1-4H3. The van der Waals surface area contributed by atoms with Crippen LogP contribution in [0, 0.1) is 5.92 Å². The van der Waals surface area contributed by atoms with E-state index in [-0.39, 0.29) is 5.60 Å². The molecule has 0 saturated carbocycles. The molecule has 1 heterocycles. The number of ether oxygens (including phenoxy) is 1. The number of likely N-dealkylation sites (N-methyl/N-ethyl adjacent to an activating group) is 1. The fourth-order valence-corrected chi connectivity index (χ4v) is 1.23. The van der Waals surface area contributed by atoms with Crippen molar-refractivity contribution in [2.75, 3.05) is 20.3 Å². The Morgan fingerprint density at radius 1 is 1.50 bits per heavy atom. The minimum atomic E-state index is 0.0920. The zero-order valence-electron chi connectivity index (χ0n) is 7.35. The molecule has 1 atom stereocenters. The second-order valence-electron chi connectivity index (χ2n) is 3.75. The lowest BCUT2D eigenvalue weighted by Gasteiger charge is -2.26. The SMILES string of the molecule is CC(C)C1(C)CN(C)CO1. The van der Waals surface area contributed by atoms with Gasteiger partial charge in [0.2, 0.25) is 0 Å². The first kappa shape index (κ1) is 8.02. The predicted molar refractivity (Wildman–Crippen MR) is 41.8 cm³/mol. The summed E-state index contributed by atoms with van der Waals surface area (Å²) in [6.45, 7) is 8.44. The summed E-state index contributed by atoms with van der Waals surface area (Å²) < 4.78 is 5.64. The van der Waals surface area contributed by atoms with Gasteiger partial charge in [0.15, 0.2) is 0 Å². The maximum absolute atomic E-state index is 5.64. The van der Waals surface area contributed by atoms with Crippen LogP contribution in [0.2, 0.25) is 0 Å². The van der Waals surface area contributed by atoms with E-state index in [1.165, 1.54) is 0 Å². The molecular weight excluding hydrogens is 126 g/mol. The Balaban J connectivity index is 2.54. The van der Waals surface area contributed by atoms with E-state index in [1.807, 2.05) is 0 Å². The number of nitrogens with zero attached hydrogens (tertiary/aromatic N) is 1. The summed E-state index contributed by atoms with van der Waals surface area (Å²) in [6.07, 6.45) is 0. The Labute approximate surface area is 63.2 Å². The fourth-order valence-electron chi connectivity index (χ4n) is 1.23. The Bertz CT molecular complexity index is 124. The molecule has 60 valence electrons. The van der Waals surface area contributed by atoms with Gasteiger partial charge >= 0.3 is 0 Å². The third-order valence-electron chi connectivity index (χ3n) is 2.42. The van der Waals surface area contributed by atoms with Gasteiger partial charge in [0.25, 0.3) is 0 Å². The van der Waals surface area contributed by atoms with Crippen molar-refractivity contribution >= 4 is 0 Å². The van der Waals surface area contributed by atoms with Crippen LogP contribution < -0.4 is 0 Å². The second-order valence-corrected chi connectivity index (χ2v) is 3.75.